The van der Waals surface area contributed by atoms with Crippen molar-refractivity contribution in [1.82, 2.24) is 10.2 Å². The van der Waals surface area contributed by atoms with E-state index in [1.54, 1.807) is 0 Å². The van der Waals surface area contributed by atoms with Gasteiger partial charge in [-0.3, -0.25) is 9.69 Å². The average molecular weight is 228 g/mol. The summed E-state index contributed by atoms with van der Waals surface area (Å²) in [5, 5.41) is 13.1. The molecule has 1 atom stereocenters. The van der Waals surface area contributed by atoms with Gasteiger partial charge >= 0.3 is 0 Å². The Kier molecular flexibility index (Phi) is 4.74. The Morgan fingerprint density at radius 2 is 2.06 bits per heavy atom. The van der Waals surface area contributed by atoms with Crippen molar-refractivity contribution in [3.05, 3.63) is 0 Å². The molecule has 0 heterocycles. The van der Waals surface area contributed by atoms with E-state index in [4.69, 9.17) is 0 Å². The highest BCUT2D eigenvalue weighted by Crippen LogP contribution is 2.30. The predicted octanol–water partition coefficient (Wildman–Crippen LogP) is 0.748. The van der Waals surface area contributed by atoms with Crippen LogP contribution in [0.25, 0.3) is 0 Å². The third kappa shape index (κ3) is 3.46. The summed E-state index contributed by atoms with van der Waals surface area (Å²) in [5.41, 5.74) is -0.574. The van der Waals surface area contributed by atoms with Gasteiger partial charge in [-0.1, -0.05) is 12.8 Å². The molecule has 4 heteroatoms. The van der Waals surface area contributed by atoms with Crippen LogP contribution in [0, 0.1) is 0 Å². The van der Waals surface area contributed by atoms with E-state index in [0.717, 1.165) is 25.7 Å². The third-order valence-electron chi connectivity index (χ3n) is 3.47. The van der Waals surface area contributed by atoms with Crippen LogP contribution in [0.4, 0.5) is 0 Å². The molecule has 0 saturated heterocycles. The molecule has 0 aromatic rings. The van der Waals surface area contributed by atoms with Crippen LogP contribution in [0.15, 0.2) is 0 Å². The smallest absolute Gasteiger partial charge is 0.237 e. The van der Waals surface area contributed by atoms with Gasteiger partial charge in [-0.25, -0.2) is 0 Å². The van der Waals surface area contributed by atoms with Gasteiger partial charge in [0.2, 0.25) is 5.91 Å². The van der Waals surface area contributed by atoms with Gasteiger partial charge in [0.05, 0.1) is 11.6 Å². The normalized spacial score (nSPS) is 21.1. The number of hydrogen-bond acceptors (Lipinski definition) is 3. The first kappa shape index (κ1) is 13.5. The molecule has 16 heavy (non-hydrogen) atoms. The van der Waals surface area contributed by atoms with Gasteiger partial charge in [0.25, 0.3) is 0 Å². The maximum absolute atomic E-state index is 11.6. The molecule has 0 bridgehead atoms. The molecule has 0 aromatic heterocycles. The van der Waals surface area contributed by atoms with Crippen LogP contribution in [0.2, 0.25) is 0 Å². The van der Waals surface area contributed by atoms with Crippen molar-refractivity contribution in [3.63, 3.8) is 0 Å². The summed E-state index contributed by atoms with van der Waals surface area (Å²) in [6.07, 6.45) is 3.92. The highest BCUT2D eigenvalue weighted by atomic mass is 16.3. The fraction of sp³-hybridized carbons (Fsp3) is 0.917. The molecule has 1 unspecified atom stereocenters. The summed E-state index contributed by atoms with van der Waals surface area (Å²) in [7, 11) is 1.90. The van der Waals surface area contributed by atoms with Crippen LogP contribution in [0.1, 0.15) is 39.5 Å². The Labute approximate surface area is 98.0 Å². The maximum Gasteiger partial charge on any atom is 0.237 e. The van der Waals surface area contributed by atoms with Gasteiger partial charge < -0.3 is 10.4 Å². The van der Waals surface area contributed by atoms with Crippen molar-refractivity contribution >= 4 is 5.91 Å². The van der Waals surface area contributed by atoms with Crippen LogP contribution in [-0.4, -0.2) is 47.7 Å². The minimum Gasteiger partial charge on any atom is -0.389 e. The van der Waals surface area contributed by atoms with Crippen molar-refractivity contribution in [2.24, 2.45) is 0 Å². The molecule has 1 saturated carbocycles. The summed E-state index contributed by atoms with van der Waals surface area (Å²) in [5.74, 6) is 0.0339. The molecule has 1 amide bonds. The van der Waals surface area contributed by atoms with Crippen molar-refractivity contribution in [2.75, 3.05) is 20.1 Å². The molecule has 1 aliphatic carbocycles. The summed E-state index contributed by atoms with van der Waals surface area (Å²) < 4.78 is 0. The molecule has 4 nitrogen and oxygen atoms in total. The lowest BCUT2D eigenvalue weighted by atomic mass is 10.0. The second-order valence-electron chi connectivity index (χ2n) is 4.92. The zero-order chi connectivity index (χ0) is 12.2. The first-order valence-electron chi connectivity index (χ1n) is 6.19. The van der Waals surface area contributed by atoms with Crippen LogP contribution in [0.3, 0.4) is 0 Å². The Balaban J connectivity index is 2.44. The fourth-order valence-electron chi connectivity index (χ4n) is 2.31. The van der Waals surface area contributed by atoms with Crippen LogP contribution < -0.4 is 5.32 Å². The number of carbonyl (C=O) groups excluding carboxylic acids is 1. The molecule has 0 aromatic carbocycles. The predicted molar refractivity (Wildman–Crippen MR) is 64.2 cm³/mol. The number of carbonyl (C=O) groups is 1. The Morgan fingerprint density at radius 3 is 2.56 bits per heavy atom. The summed E-state index contributed by atoms with van der Waals surface area (Å²) in [6, 6.07) is -0.176. The number of likely N-dealkylation sites (N-methyl/N-ethyl adjacent to an activating group) is 2. The topological polar surface area (TPSA) is 52.6 Å². The summed E-state index contributed by atoms with van der Waals surface area (Å²) in [6.45, 7) is 5.03. The van der Waals surface area contributed by atoms with Gasteiger partial charge in [-0.15, -0.1) is 0 Å². The third-order valence-corrected chi connectivity index (χ3v) is 3.47. The van der Waals surface area contributed by atoms with E-state index in [2.05, 4.69) is 5.32 Å². The van der Waals surface area contributed by atoms with Crippen molar-refractivity contribution in [1.29, 1.82) is 0 Å². The quantitative estimate of drug-likeness (QED) is 0.730. The second kappa shape index (κ2) is 5.64. The largest absolute Gasteiger partial charge is 0.389 e. The monoisotopic (exact) mass is 228 g/mol. The van der Waals surface area contributed by atoms with Gasteiger partial charge in [-0.2, -0.15) is 0 Å². The van der Waals surface area contributed by atoms with Crippen LogP contribution in [0.5, 0.6) is 0 Å². The zero-order valence-corrected chi connectivity index (χ0v) is 10.6. The molecule has 94 valence electrons. The minimum atomic E-state index is -0.574. The van der Waals surface area contributed by atoms with E-state index in [1.807, 2.05) is 25.8 Å². The molecule has 1 aliphatic rings. The maximum atomic E-state index is 11.6. The summed E-state index contributed by atoms with van der Waals surface area (Å²) >= 11 is 0. The van der Waals surface area contributed by atoms with Crippen molar-refractivity contribution in [3.8, 4) is 0 Å². The number of aliphatic hydroxyl groups is 1. The van der Waals surface area contributed by atoms with Crippen molar-refractivity contribution < 1.29 is 9.90 Å². The molecule has 0 aliphatic heterocycles. The number of hydrogen-bond donors (Lipinski definition) is 2. The van der Waals surface area contributed by atoms with E-state index in [9.17, 15) is 9.90 Å². The SMILES string of the molecule is CCNC(=O)C(C)N(C)CC1(O)CCCC1. The molecular weight excluding hydrogens is 204 g/mol. The average Bonchev–Trinajstić information content (AvgIpc) is 2.64. The number of amides is 1. The Hall–Kier alpha value is -0.610. The van der Waals surface area contributed by atoms with Gasteiger partial charge in [-0.05, 0) is 33.7 Å². The molecular formula is C12H24N2O2. The lowest BCUT2D eigenvalue weighted by Gasteiger charge is -2.31. The number of rotatable bonds is 5. The van der Waals surface area contributed by atoms with Gasteiger partial charge in [0, 0.05) is 13.1 Å². The Morgan fingerprint density at radius 1 is 1.50 bits per heavy atom. The molecule has 2 N–H and O–H groups in total. The Bertz CT molecular complexity index is 237. The first-order chi connectivity index (χ1) is 7.48. The van der Waals surface area contributed by atoms with E-state index in [1.165, 1.54) is 0 Å². The molecule has 0 spiro atoms. The minimum absolute atomic E-state index is 0.0339. The standard InChI is InChI=1S/C12H24N2O2/c1-4-13-11(15)10(2)14(3)9-12(16)7-5-6-8-12/h10,16H,4-9H2,1-3H3,(H,13,15). The van der Waals surface area contributed by atoms with Crippen LogP contribution in [-0.2, 0) is 4.79 Å². The van der Waals surface area contributed by atoms with E-state index in [0.29, 0.717) is 13.1 Å². The molecule has 1 fully saturated rings. The number of nitrogens with zero attached hydrogens (tertiary/aromatic N) is 1. The molecule has 0 radical (unpaired) electrons. The molecule has 1 rings (SSSR count). The van der Waals surface area contributed by atoms with E-state index >= 15 is 0 Å². The summed E-state index contributed by atoms with van der Waals surface area (Å²) in [4.78, 5) is 13.6. The van der Waals surface area contributed by atoms with E-state index < -0.39 is 5.60 Å². The fourth-order valence-corrected chi connectivity index (χ4v) is 2.31. The van der Waals surface area contributed by atoms with Gasteiger partial charge in [0.15, 0.2) is 0 Å². The lowest BCUT2D eigenvalue weighted by molar-refractivity contribution is -0.126. The highest BCUT2D eigenvalue weighted by molar-refractivity contribution is 5.81. The van der Waals surface area contributed by atoms with Crippen LogP contribution >= 0.6 is 0 Å². The van der Waals surface area contributed by atoms with E-state index in [-0.39, 0.29) is 11.9 Å². The zero-order valence-electron chi connectivity index (χ0n) is 10.6. The lowest BCUT2D eigenvalue weighted by Crippen LogP contribution is -2.49. The van der Waals surface area contributed by atoms with Gasteiger partial charge in [0.1, 0.15) is 0 Å². The highest BCUT2D eigenvalue weighted by Gasteiger charge is 2.34. The number of nitrogens with one attached hydrogen (secondary N) is 1. The second-order valence-corrected chi connectivity index (χ2v) is 4.92. The van der Waals surface area contributed by atoms with Crippen molar-refractivity contribution in [2.45, 2.75) is 51.2 Å². The first-order valence-corrected chi connectivity index (χ1v) is 6.19.